The van der Waals surface area contributed by atoms with Gasteiger partial charge in [0.15, 0.2) is 5.78 Å². The number of carboxylic acid groups (broad SMARTS) is 1. The van der Waals surface area contributed by atoms with E-state index >= 15 is 0 Å². The number of carbonyl (C=O) groups excluding carboxylic acids is 2. The lowest BCUT2D eigenvalue weighted by Gasteiger charge is -2.16. The number of alkyl halides is 3. The molecule has 0 bridgehead atoms. The molecule has 0 saturated carbocycles. The average molecular weight is 443 g/mol. The molecule has 1 atom stereocenters. The van der Waals surface area contributed by atoms with Crippen LogP contribution < -0.4 is 14.8 Å². The Morgan fingerprint density at radius 2 is 1.85 bits per heavy atom. The van der Waals surface area contributed by atoms with E-state index < -0.39 is 28.5 Å². The van der Waals surface area contributed by atoms with Crippen LogP contribution in [-0.4, -0.2) is 53.6 Å². The van der Waals surface area contributed by atoms with Gasteiger partial charge in [-0.3, -0.25) is 4.79 Å². The van der Waals surface area contributed by atoms with Crippen LogP contribution in [0.25, 0.3) is 0 Å². The number of carbonyl (C=O) groups is 3. The van der Waals surface area contributed by atoms with Crippen molar-refractivity contribution in [2.24, 2.45) is 0 Å². The van der Waals surface area contributed by atoms with Crippen molar-refractivity contribution >= 4 is 52.6 Å². The number of aliphatic carboxylic acids is 1. The molecular formula is C16H18Cl3NO7. The van der Waals surface area contributed by atoms with E-state index in [4.69, 9.17) is 44.3 Å². The maximum Gasteiger partial charge on any atom is 0.407 e. The number of hydrogen-bond donors (Lipinski definition) is 2. The Kier molecular flexibility index (Phi) is 8.95. The first-order valence-electron chi connectivity index (χ1n) is 7.55. The molecule has 0 aliphatic rings. The van der Waals surface area contributed by atoms with Crippen molar-refractivity contribution < 1.29 is 33.7 Å². The van der Waals surface area contributed by atoms with Crippen LogP contribution in [0.15, 0.2) is 18.2 Å². The zero-order valence-electron chi connectivity index (χ0n) is 14.5. The van der Waals surface area contributed by atoms with E-state index in [0.717, 1.165) is 0 Å². The summed E-state index contributed by atoms with van der Waals surface area (Å²) in [6, 6.07) is 3.27. The minimum absolute atomic E-state index is 0.162. The van der Waals surface area contributed by atoms with Crippen molar-refractivity contribution in [3.05, 3.63) is 23.8 Å². The highest BCUT2D eigenvalue weighted by Crippen LogP contribution is 2.27. The maximum absolute atomic E-state index is 12.4. The number of amides is 1. The lowest BCUT2D eigenvalue weighted by atomic mass is 10.0. The summed E-state index contributed by atoms with van der Waals surface area (Å²) in [5.74, 6) is -0.904. The minimum atomic E-state index is -1.82. The number of rotatable bonds is 9. The topological polar surface area (TPSA) is 111 Å². The molecule has 0 aliphatic carbocycles. The van der Waals surface area contributed by atoms with Gasteiger partial charge in [-0.05, 0) is 18.6 Å². The summed E-state index contributed by atoms with van der Waals surface area (Å²) in [5, 5.41) is 11.3. The Bertz CT molecular complexity index is 691. The number of nitrogens with one attached hydrogen (secondary N) is 1. The standard InChI is InChI=1S/C16H18Cl3NO7/c1-25-9-3-4-10(13(7-9)26-2)12(21)6-5-11(14(22)23)20-15(24)27-8-16(17,18)19/h3-4,7,11H,5-6,8H2,1-2H3,(H,20,24)(H,22,23). The van der Waals surface area contributed by atoms with Gasteiger partial charge >= 0.3 is 12.1 Å². The van der Waals surface area contributed by atoms with Gasteiger partial charge in [0, 0.05) is 12.5 Å². The molecule has 0 fully saturated rings. The summed E-state index contributed by atoms with van der Waals surface area (Å²) in [4.78, 5) is 35.3. The van der Waals surface area contributed by atoms with E-state index in [9.17, 15) is 19.5 Å². The van der Waals surface area contributed by atoms with Gasteiger partial charge in [-0.2, -0.15) is 0 Å². The molecule has 0 saturated heterocycles. The number of methoxy groups -OCH3 is 2. The second-order valence-corrected chi connectivity index (χ2v) is 7.77. The van der Waals surface area contributed by atoms with Crippen molar-refractivity contribution in [3.63, 3.8) is 0 Å². The molecule has 1 amide bonds. The lowest BCUT2D eigenvalue weighted by molar-refractivity contribution is -0.139. The smallest absolute Gasteiger partial charge is 0.407 e. The third kappa shape index (κ3) is 8.11. The monoisotopic (exact) mass is 441 g/mol. The minimum Gasteiger partial charge on any atom is -0.497 e. The fraction of sp³-hybridized carbons (Fsp3) is 0.438. The molecule has 0 aromatic heterocycles. The van der Waals surface area contributed by atoms with Crippen LogP contribution >= 0.6 is 34.8 Å². The average Bonchev–Trinajstić information content (AvgIpc) is 2.61. The Morgan fingerprint density at radius 1 is 1.19 bits per heavy atom. The molecule has 1 aromatic carbocycles. The highest BCUT2D eigenvalue weighted by atomic mass is 35.6. The zero-order chi connectivity index (χ0) is 20.6. The number of alkyl carbamates (subject to hydrolysis) is 1. The zero-order valence-corrected chi connectivity index (χ0v) is 16.7. The lowest BCUT2D eigenvalue weighted by Crippen LogP contribution is -2.42. The summed E-state index contributed by atoms with van der Waals surface area (Å²) in [7, 11) is 2.87. The van der Waals surface area contributed by atoms with Crippen LogP contribution in [0, 0.1) is 0 Å². The van der Waals surface area contributed by atoms with Crippen molar-refractivity contribution in [1.29, 1.82) is 0 Å². The molecule has 0 radical (unpaired) electrons. The van der Waals surface area contributed by atoms with Gasteiger partial charge < -0.3 is 24.6 Å². The molecule has 1 aromatic rings. The van der Waals surface area contributed by atoms with Crippen LogP contribution in [0.3, 0.4) is 0 Å². The molecule has 8 nitrogen and oxygen atoms in total. The molecule has 0 heterocycles. The van der Waals surface area contributed by atoms with Gasteiger partial charge in [-0.1, -0.05) is 34.8 Å². The molecular weight excluding hydrogens is 425 g/mol. The van der Waals surface area contributed by atoms with Crippen molar-refractivity contribution in [2.75, 3.05) is 20.8 Å². The summed E-state index contributed by atoms with van der Waals surface area (Å²) < 4.78 is 13.0. The number of benzene rings is 1. The van der Waals surface area contributed by atoms with Gasteiger partial charge in [-0.25, -0.2) is 9.59 Å². The van der Waals surface area contributed by atoms with Gasteiger partial charge in [0.2, 0.25) is 3.79 Å². The third-order valence-corrected chi connectivity index (χ3v) is 3.65. The molecule has 1 rings (SSSR count). The summed E-state index contributed by atoms with van der Waals surface area (Å²) in [6.07, 6.45) is -1.42. The van der Waals surface area contributed by atoms with Crippen molar-refractivity contribution in [2.45, 2.75) is 22.7 Å². The highest BCUT2D eigenvalue weighted by molar-refractivity contribution is 6.67. The van der Waals surface area contributed by atoms with E-state index in [1.807, 2.05) is 0 Å². The Labute approximate surface area is 170 Å². The van der Waals surface area contributed by atoms with Crippen LogP contribution in [0.1, 0.15) is 23.2 Å². The van der Waals surface area contributed by atoms with Crippen molar-refractivity contribution in [1.82, 2.24) is 5.32 Å². The SMILES string of the molecule is COc1ccc(C(=O)CCC(NC(=O)OCC(Cl)(Cl)Cl)C(=O)O)c(OC)c1. The van der Waals surface area contributed by atoms with E-state index in [-0.39, 0.29) is 24.2 Å². The second-order valence-electron chi connectivity index (χ2n) is 5.25. The predicted molar refractivity (Wildman–Crippen MR) is 99.3 cm³/mol. The van der Waals surface area contributed by atoms with Crippen LogP contribution in [0.4, 0.5) is 4.79 Å². The maximum atomic E-state index is 12.4. The normalized spacial score (nSPS) is 12.0. The first-order valence-corrected chi connectivity index (χ1v) is 8.69. The van der Waals surface area contributed by atoms with Gasteiger partial charge in [0.05, 0.1) is 19.8 Å². The molecule has 27 heavy (non-hydrogen) atoms. The number of ether oxygens (including phenoxy) is 3. The Balaban J connectivity index is 2.70. The van der Waals surface area contributed by atoms with Gasteiger partial charge in [0.25, 0.3) is 0 Å². The fourth-order valence-electron chi connectivity index (χ4n) is 2.03. The molecule has 150 valence electrons. The number of halogens is 3. The van der Waals surface area contributed by atoms with Crippen LogP contribution in [-0.2, 0) is 9.53 Å². The Hall–Kier alpha value is -1.90. The fourth-order valence-corrected chi connectivity index (χ4v) is 2.19. The number of Topliss-reactive ketones (excluding diaryl/α,β-unsaturated/α-hetero) is 1. The second kappa shape index (κ2) is 10.4. The number of carboxylic acids is 1. The van der Waals surface area contributed by atoms with E-state index in [0.29, 0.717) is 11.5 Å². The van der Waals surface area contributed by atoms with Gasteiger partial charge in [-0.15, -0.1) is 0 Å². The van der Waals surface area contributed by atoms with E-state index in [1.165, 1.54) is 26.4 Å². The molecule has 2 N–H and O–H groups in total. The quantitative estimate of drug-likeness (QED) is 0.446. The number of ketones is 1. The molecule has 0 spiro atoms. The predicted octanol–water partition coefficient (Wildman–Crippen LogP) is 3.22. The third-order valence-electron chi connectivity index (χ3n) is 3.33. The van der Waals surface area contributed by atoms with E-state index in [1.54, 1.807) is 6.07 Å². The molecule has 11 heteroatoms. The van der Waals surface area contributed by atoms with Crippen molar-refractivity contribution in [3.8, 4) is 11.5 Å². The summed E-state index contributed by atoms with van der Waals surface area (Å²) >= 11 is 16.3. The first-order chi connectivity index (χ1) is 12.6. The summed E-state index contributed by atoms with van der Waals surface area (Å²) in [5.41, 5.74) is 0.265. The molecule has 0 aliphatic heterocycles. The number of hydrogen-bond acceptors (Lipinski definition) is 6. The van der Waals surface area contributed by atoms with Crippen LogP contribution in [0.2, 0.25) is 0 Å². The Morgan fingerprint density at radius 3 is 2.37 bits per heavy atom. The van der Waals surface area contributed by atoms with Gasteiger partial charge in [0.1, 0.15) is 24.1 Å². The highest BCUT2D eigenvalue weighted by Gasteiger charge is 2.26. The molecule has 1 unspecified atom stereocenters. The van der Waals surface area contributed by atoms with E-state index in [2.05, 4.69) is 10.1 Å². The summed E-state index contributed by atoms with van der Waals surface area (Å²) in [6.45, 7) is -0.558. The largest absolute Gasteiger partial charge is 0.497 e. The first kappa shape index (κ1) is 23.1. The van der Waals surface area contributed by atoms with Crippen LogP contribution in [0.5, 0.6) is 11.5 Å².